The number of benzene rings is 2. The summed E-state index contributed by atoms with van der Waals surface area (Å²) in [7, 11) is 0. The summed E-state index contributed by atoms with van der Waals surface area (Å²) in [6, 6.07) is 16.4. The number of hydrogen-bond acceptors (Lipinski definition) is 3. The SMILES string of the molecule is C#CCOc1ccc(CCNC(=O)C(C)NC(=O)/C=C/c2ccccc2)cc1. The van der Waals surface area contributed by atoms with Crippen LogP contribution in [0.25, 0.3) is 6.08 Å². The van der Waals surface area contributed by atoms with Gasteiger partial charge in [0, 0.05) is 12.6 Å². The van der Waals surface area contributed by atoms with Crippen LogP contribution in [0.2, 0.25) is 0 Å². The van der Waals surface area contributed by atoms with Crippen LogP contribution in [-0.4, -0.2) is 31.0 Å². The normalized spacial score (nSPS) is 11.4. The summed E-state index contributed by atoms with van der Waals surface area (Å²) in [5, 5.41) is 5.48. The number of nitrogens with one attached hydrogen (secondary N) is 2. The Hall–Kier alpha value is -3.52. The fourth-order valence-electron chi connectivity index (χ4n) is 2.42. The molecule has 1 atom stereocenters. The molecule has 144 valence electrons. The highest BCUT2D eigenvalue weighted by molar-refractivity contribution is 5.95. The van der Waals surface area contributed by atoms with Gasteiger partial charge < -0.3 is 15.4 Å². The molecule has 2 amide bonds. The highest BCUT2D eigenvalue weighted by atomic mass is 16.5. The molecule has 0 saturated carbocycles. The average Bonchev–Trinajstić information content (AvgIpc) is 2.72. The summed E-state index contributed by atoms with van der Waals surface area (Å²) in [6.07, 6.45) is 8.95. The van der Waals surface area contributed by atoms with Crippen molar-refractivity contribution in [2.24, 2.45) is 0 Å². The number of amides is 2. The Morgan fingerprint density at radius 1 is 1.14 bits per heavy atom. The van der Waals surface area contributed by atoms with Gasteiger partial charge in [0.25, 0.3) is 0 Å². The van der Waals surface area contributed by atoms with Gasteiger partial charge in [-0.25, -0.2) is 0 Å². The molecule has 0 spiro atoms. The van der Waals surface area contributed by atoms with Gasteiger partial charge in [-0.05, 0) is 42.7 Å². The van der Waals surface area contributed by atoms with E-state index < -0.39 is 6.04 Å². The zero-order valence-corrected chi connectivity index (χ0v) is 15.9. The van der Waals surface area contributed by atoms with Crippen molar-refractivity contribution in [2.75, 3.05) is 13.2 Å². The Morgan fingerprint density at radius 2 is 1.86 bits per heavy atom. The van der Waals surface area contributed by atoms with Crippen LogP contribution in [0.15, 0.2) is 60.7 Å². The van der Waals surface area contributed by atoms with Crippen LogP contribution in [0.3, 0.4) is 0 Å². The predicted octanol–water partition coefficient (Wildman–Crippen LogP) is 2.58. The van der Waals surface area contributed by atoms with Gasteiger partial charge in [-0.15, -0.1) is 6.42 Å². The van der Waals surface area contributed by atoms with Crippen LogP contribution in [0, 0.1) is 12.3 Å². The Kier molecular flexibility index (Phi) is 8.35. The molecule has 0 aliphatic rings. The van der Waals surface area contributed by atoms with Gasteiger partial charge in [-0.2, -0.15) is 0 Å². The quantitative estimate of drug-likeness (QED) is 0.522. The van der Waals surface area contributed by atoms with E-state index in [1.165, 1.54) is 6.08 Å². The van der Waals surface area contributed by atoms with E-state index in [9.17, 15) is 9.59 Å². The summed E-state index contributed by atoms with van der Waals surface area (Å²) >= 11 is 0. The minimum Gasteiger partial charge on any atom is -0.481 e. The molecule has 2 rings (SSSR count). The molecule has 2 N–H and O–H groups in total. The minimum atomic E-state index is -0.618. The third-order valence-corrected chi connectivity index (χ3v) is 3.94. The van der Waals surface area contributed by atoms with Crippen molar-refractivity contribution < 1.29 is 14.3 Å². The molecule has 0 aliphatic heterocycles. The minimum absolute atomic E-state index is 0.226. The second-order valence-corrected chi connectivity index (χ2v) is 6.15. The molecular weight excluding hydrogens is 352 g/mol. The average molecular weight is 376 g/mol. The molecule has 0 aliphatic carbocycles. The molecule has 0 fully saturated rings. The van der Waals surface area contributed by atoms with Crippen molar-refractivity contribution in [1.82, 2.24) is 10.6 Å². The lowest BCUT2D eigenvalue weighted by atomic mass is 10.1. The van der Waals surface area contributed by atoms with Gasteiger partial charge in [-0.1, -0.05) is 48.4 Å². The number of ether oxygens (including phenoxy) is 1. The molecule has 28 heavy (non-hydrogen) atoms. The molecule has 5 heteroatoms. The maximum atomic E-state index is 12.1. The molecule has 0 heterocycles. The predicted molar refractivity (Wildman–Crippen MR) is 111 cm³/mol. The van der Waals surface area contributed by atoms with Crippen LogP contribution >= 0.6 is 0 Å². The molecule has 0 saturated heterocycles. The first kappa shape index (κ1) is 20.8. The molecule has 2 aromatic carbocycles. The van der Waals surface area contributed by atoms with E-state index in [0.717, 1.165) is 11.1 Å². The van der Waals surface area contributed by atoms with Crippen LogP contribution in [-0.2, 0) is 16.0 Å². The fraction of sp³-hybridized carbons (Fsp3) is 0.217. The van der Waals surface area contributed by atoms with E-state index in [0.29, 0.717) is 18.7 Å². The van der Waals surface area contributed by atoms with Crippen LogP contribution in [0.4, 0.5) is 0 Å². The number of rotatable bonds is 9. The zero-order valence-electron chi connectivity index (χ0n) is 15.9. The molecule has 5 nitrogen and oxygen atoms in total. The van der Waals surface area contributed by atoms with Crippen molar-refractivity contribution in [2.45, 2.75) is 19.4 Å². The van der Waals surface area contributed by atoms with Crippen molar-refractivity contribution in [3.05, 3.63) is 71.8 Å². The standard InChI is InChI=1S/C23H24N2O3/c1-3-17-28-21-12-9-20(10-13-21)15-16-24-23(27)18(2)25-22(26)14-11-19-7-5-4-6-8-19/h1,4-14,18H,15-17H2,2H3,(H,24,27)(H,25,26)/b14-11+. The third kappa shape index (κ3) is 7.38. The highest BCUT2D eigenvalue weighted by Gasteiger charge is 2.13. The van der Waals surface area contributed by atoms with Gasteiger partial charge in [0.2, 0.25) is 11.8 Å². The zero-order chi connectivity index (χ0) is 20.2. The van der Waals surface area contributed by atoms with E-state index in [1.54, 1.807) is 13.0 Å². The summed E-state index contributed by atoms with van der Waals surface area (Å²) < 4.78 is 5.32. The van der Waals surface area contributed by atoms with Crippen LogP contribution in [0.1, 0.15) is 18.1 Å². The summed E-state index contributed by atoms with van der Waals surface area (Å²) in [5.74, 6) is 2.59. The van der Waals surface area contributed by atoms with Gasteiger partial charge in [0.1, 0.15) is 18.4 Å². The number of terminal acetylenes is 1. The number of hydrogen-bond donors (Lipinski definition) is 2. The second-order valence-electron chi connectivity index (χ2n) is 6.15. The third-order valence-electron chi connectivity index (χ3n) is 3.94. The molecule has 0 bridgehead atoms. The maximum absolute atomic E-state index is 12.1. The molecular formula is C23H24N2O3. The van der Waals surface area contributed by atoms with Crippen molar-refractivity contribution >= 4 is 17.9 Å². The topological polar surface area (TPSA) is 67.4 Å². The summed E-state index contributed by atoms with van der Waals surface area (Å²) in [6.45, 7) is 2.37. The largest absolute Gasteiger partial charge is 0.481 e. The maximum Gasteiger partial charge on any atom is 0.244 e. The van der Waals surface area contributed by atoms with E-state index in [2.05, 4.69) is 16.6 Å². The molecule has 0 aromatic heterocycles. The fourth-order valence-corrected chi connectivity index (χ4v) is 2.42. The van der Waals surface area contributed by atoms with E-state index >= 15 is 0 Å². The lowest BCUT2D eigenvalue weighted by molar-refractivity contribution is -0.126. The monoisotopic (exact) mass is 376 g/mol. The van der Waals surface area contributed by atoms with Crippen LogP contribution in [0.5, 0.6) is 5.75 Å². The molecule has 0 radical (unpaired) electrons. The summed E-state index contributed by atoms with van der Waals surface area (Å²) in [4.78, 5) is 24.1. The first-order valence-electron chi connectivity index (χ1n) is 9.05. The van der Waals surface area contributed by atoms with E-state index in [4.69, 9.17) is 11.2 Å². The van der Waals surface area contributed by atoms with E-state index in [-0.39, 0.29) is 18.4 Å². The second kappa shape index (κ2) is 11.2. The van der Waals surface area contributed by atoms with Gasteiger partial charge in [0.05, 0.1) is 0 Å². The van der Waals surface area contributed by atoms with Gasteiger partial charge >= 0.3 is 0 Å². The Labute approximate surface area is 165 Å². The van der Waals surface area contributed by atoms with Crippen molar-refractivity contribution in [3.63, 3.8) is 0 Å². The van der Waals surface area contributed by atoms with Crippen LogP contribution < -0.4 is 15.4 Å². The Bertz CT molecular complexity index is 836. The van der Waals surface area contributed by atoms with Gasteiger partial charge in [0.15, 0.2) is 0 Å². The van der Waals surface area contributed by atoms with Crippen molar-refractivity contribution in [1.29, 1.82) is 0 Å². The molecule has 1 unspecified atom stereocenters. The smallest absolute Gasteiger partial charge is 0.244 e. The van der Waals surface area contributed by atoms with Crippen molar-refractivity contribution in [3.8, 4) is 18.1 Å². The van der Waals surface area contributed by atoms with Gasteiger partial charge in [-0.3, -0.25) is 9.59 Å². The lowest BCUT2D eigenvalue weighted by Gasteiger charge is -2.13. The first-order valence-corrected chi connectivity index (χ1v) is 9.05. The number of carbonyl (C=O) groups excluding carboxylic acids is 2. The summed E-state index contributed by atoms with van der Waals surface area (Å²) in [5.41, 5.74) is 1.99. The lowest BCUT2D eigenvalue weighted by Crippen LogP contribution is -2.44. The Balaban J connectivity index is 1.71. The van der Waals surface area contributed by atoms with E-state index in [1.807, 2.05) is 54.6 Å². The number of carbonyl (C=O) groups is 2. The Morgan fingerprint density at radius 3 is 2.54 bits per heavy atom. The highest BCUT2D eigenvalue weighted by Crippen LogP contribution is 2.12. The molecule has 2 aromatic rings. The first-order chi connectivity index (χ1) is 13.6.